The van der Waals surface area contributed by atoms with Gasteiger partial charge >= 0.3 is 5.97 Å². The van der Waals surface area contributed by atoms with Gasteiger partial charge in [0, 0.05) is 6.42 Å². The van der Waals surface area contributed by atoms with Crippen LogP contribution in [-0.2, 0) is 28.5 Å². The number of esters is 1. The maximum atomic E-state index is 12.0. The van der Waals surface area contributed by atoms with Crippen LogP contribution in [0.15, 0.2) is 0 Å². The van der Waals surface area contributed by atoms with E-state index in [1.165, 1.54) is 122 Å². The Labute approximate surface area is 293 Å². The zero-order valence-corrected chi connectivity index (χ0v) is 30.8. The van der Waals surface area contributed by atoms with Crippen LogP contribution in [0.4, 0.5) is 0 Å². The van der Waals surface area contributed by atoms with Gasteiger partial charge in [0.05, 0.1) is 13.2 Å². The molecule has 2 saturated heterocycles. The zero-order chi connectivity index (χ0) is 34.7. The highest BCUT2D eigenvalue weighted by Gasteiger charge is 2.49. The summed E-state index contributed by atoms with van der Waals surface area (Å²) in [4.78, 5) is 12.0. The fourth-order valence-electron chi connectivity index (χ4n) is 6.69. The molecule has 0 unspecified atom stereocenters. The minimum Gasteiger partial charge on any atom is -0.463 e. The maximum Gasteiger partial charge on any atom is 0.305 e. The highest BCUT2D eigenvalue weighted by Crippen LogP contribution is 2.30. The number of aliphatic hydroxyl groups is 3. The molecule has 3 N–H and O–H groups in total. The first kappa shape index (κ1) is 43.4. The lowest BCUT2D eigenvalue weighted by molar-refractivity contribution is -0.195. The average Bonchev–Trinajstić information content (AvgIpc) is 3.67. The number of hydrogen-bond donors (Lipinski definition) is 3. The Balaban J connectivity index is 1.45. The van der Waals surface area contributed by atoms with Gasteiger partial charge in [0.15, 0.2) is 12.6 Å². The van der Waals surface area contributed by atoms with E-state index in [0.717, 1.165) is 38.5 Å². The van der Waals surface area contributed by atoms with Gasteiger partial charge in [-0.2, -0.15) is 0 Å². The van der Waals surface area contributed by atoms with E-state index >= 15 is 0 Å². The Morgan fingerprint density at radius 3 is 1.65 bits per heavy atom. The number of hydrogen-bond acceptors (Lipinski definition) is 9. The number of aliphatic hydroxyl groups excluding tert-OH is 3. The lowest BCUT2D eigenvalue weighted by atomic mass is 10.0. The van der Waals surface area contributed by atoms with Gasteiger partial charge in [0.25, 0.3) is 0 Å². The molecule has 2 heterocycles. The van der Waals surface area contributed by atoms with Crippen molar-refractivity contribution in [2.24, 2.45) is 0 Å². The first-order valence-electron chi connectivity index (χ1n) is 20.2. The molecule has 0 spiro atoms. The van der Waals surface area contributed by atoms with E-state index in [9.17, 15) is 20.1 Å². The first-order chi connectivity index (χ1) is 23.5. The third-order valence-corrected chi connectivity index (χ3v) is 9.81. The standard InChI is InChI=1S/C39H74O9/c1-3-5-7-9-11-13-14-15-16-17-18-20-22-24-26-28-35-45-31-33(47-35)38-36(42)37(43)39(48-38)46-30-32(40)29-44-34(41)27-25-23-21-19-12-10-8-6-4-2/h32-33,35-40,42-43H,3-31H2,1-2H3/t32-,33-,35+,36-,37-,38+,39-/m1/s1. The molecule has 0 saturated carbocycles. The molecular formula is C39H74O9. The summed E-state index contributed by atoms with van der Waals surface area (Å²) in [5.41, 5.74) is 0. The molecule has 7 atom stereocenters. The van der Waals surface area contributed by atoms with E-state index in [1.54, 1.807) is 0 Å². The van der Waals surface area contributed by atoms with Crippen LogP contribution in [0, 0.1) is 0 Å². The molecule has 0 aliphatic carbocycles. The summed E-state index contributed by atoms with van der Waals surface area (Å²) in [5.74, 6) is -0.332. The summed E-state index contributed by atoms with van der Waals surface area (Å²) in [6, 6.07) is 0. The molecule has 2 aliphatic heterocycles. The molecule has 2 fully saturated rings. The van der Waals surface area contributed by atoms with E-state index in [0.29, 0.717) is 6.42 Å². The molecule has 0 aromatic rings. The Bertz CT molecular complexity index is 753. The summed E-state index contributed by atoms with van der Waals surface area (Å²) in [6.45, 7) is 4.38. The third kappa shape index (κ3) is 20.1. The van der Waals surface area contributed by atoms with Gasteiger partial charge in [-0.05, 0) is 19.3 Å². The lowest BCUT2D eigenvalue weighted by Crippen LogP contribution is -2.40. The molecular weight excluding hydrogens is 612 g/mol. The molecule has 284 valence electrons. The van der Waals surface area contributed by atoms with Crippen molar-refractivity contribution in [3.05, 3.63) is 0 Å². The van der Waals surface area contributed by atoms with Gasteiger partial charge in [-0.3, -0.25) is 4.79 Å². The van der Waals surface area contributed by atoms with E-state index in [-0.39, 0.29) is 32.1 Å². The van der Waals surface area contributed by atoms with Gasteiger partial charge in [-0.15, -0.1) is 0 Å². The minimum atomic E-state index is -1.28. The molecule has 2 rings (SSSR count). The molecule has 48 heavy (non-hydrogen) atoms. The second-order valence-electron chi connectivity index (χ2n) is 14.4. The second kappa shape index (κ2) is 28.8. The summed E-state index contributed by atoms with van der Waals surface area (Å²) in [5, 5.41) is 31.3. The first-order valence-corrected chi connectivity index (χ1v) is 20.2. The molecule has 0 aromatic carbocycles. The van der Waals surface area contributed by atoms with Gasteiger partial charge in [0.1, 0.15) is 37.1 Å². The zero-order valence-electron chi connectivity index (χ0n) is 30.8. The Morgan fingerprint density at radius 2 is 1.12 bits per heavy atom. The fourth-order valence-corrected chi connectivity index (χ4v) is 6.69. The van der Waals surface area contributed by atoms with E-state index in [4.69, 9.17) is 23.7 Å². The number of unbranched alkanes of at least 4 members (excludes halogenated alkanes) is 22. The van der Waals surface area contributed by atoms with Crippen LogP contribution in [0.3, 0.4) is 0 Å². The Hall–Kier alpha value is -0.810. The lowest BCUT2D eigenvalue weighted by Gasteiger charge is -2.20. The normalized spacial score (nSPS) is 24.8. The molecule has 0 aromatic heterocycles. The van der Waals surface area contributed by atoms with Gasteiger partial charge in [-0.25, -0.2) is 0 Å². The van der Waals surface area contributed by atoms with Crippen molar-refractivity contribution in [3.63, 3.8) is 0 Å². The van der Waals surface area contributed by atoms with Crippen LogP contribution < -0.4 is 0 Å². The number of carbonyl (C=O) groups excluding carboxylic acids is 1. The molecule has 0 amide bonds. The molecule has 2 aliphatic rings. The predicted molar refractivity (Wildman–Crippen MR) is 190 cm³/mol. The van der Waals surface area contributed by atoms with Crippen molar-refractivity contribution in [2.45, 2.75) is 224 Å². The molecule has 9 heteroatoms. The van der Waals surface area contributed by atoms with Crippen molar-refractivity contribution in [1.29, 1.82) is 0 Å². The monoisotopic (exact) mass is 687 g/mol. The quantitative estimate of drug-likeness (QED) is 0.0474. The van der Waals surface area contributed by atoms with Crippen LogP contribution in [0.1, 0.15) is 181 Å². The highest BCUT2D eigenvalue weighted by molar-refractivity contribution is 5.69. The second-order valence-corrected chi connectivity index (χ2v) is 14.4. The van der Waals surface area contributed by atoms with Crippen LogP contribution in [0.25, 0.3) is 0 Å². The van der Waals surface area contributed by atoms with Gasteiger partial charge in [-0.1, -0.05) is 155 Å². The fraction of sp³-hybridized carbons (Fsp3) is 0.974. The highest BCUT2D eigenvalue weighted by atomic mass is 16.8. The summed E-state index contributed by atoms with van der Waals surface area (Å²) < 4.78 is 28.4. The Morgan fingerprint density at radius 1 is 0.646 bits per heavy atom. The number of rotatable bonds is 32. The smallest absolute Gasteiger partial charge is 0.305 e. The van der Waals surface area contributed by atoms with Crippen molar-refractivity contribution in [1.82, 2.24) is 0 Å². The van der Waals surface area contributed by atoms with E-state index in [2.05, 4.69) is 13.8 Å². The van der Waals surface area contributed by atoms with Crippen LogP contribution in [0.2, 0.25) is 0 Å². The summed E-state index contributed by atoms with van der Waals surface area (Å²) >= 11 is 0. The molecule has 0 radical (unpaired) electrons. The van der Waals surface area contributed by atoms with Crippen molar-refractivity contribution < 1.29 is 43.8 Å². The summed E-state index contributed by atoms with van der Waals surface area (Å²) in [6.07, 6.45) is 25.2. The van der Waals surface area contributed by atoms with E-state index < -0.39 is 36.8 Å². The SMILES string of the molecule is CCCCCCCCCCCCCCCCC[C@H]1OC[C@H]([C@@H]2O[C@@H](OC[C@H](O)COC(=O)CCCCCCCCCCC)[C@H](O)[C@H]2O)O1. The van der Waals surface area contributed by atoms with E-state index in [1.807, 2.05) is 0 Å². The molecule has 0 bridgehead atoms. The van der Waals surface area contributed by atoms with Crippen molar-refractivity contribution in [2.75, 3.05) is 19.8 Å². The number of ether oxygens (including phenoxy) is 5. The summed E-state index contributed by atoms with van der Waals surface area (Å²) in [7, 11) is 0. The average molecular weight is 687 g/mol. The largest absolute Gasteiger partial charge is 0.463 e. The van der Waals surface area contributed by atoms with Crippen LogP contribution in [-0.4, -0.2) is 84.2 Å². The topological polar surface area (TPSA) is 124 Å². The van der Waals surface area contributed by atoms with Gasteiger partial charge in [0.2, 0.25) is 0 Å². The Kier molecular flexibility index (Phi) is 26.0. The third-order valence-electron chi connectivity index (χ3n) is 9.81. The number of carbonyl (C=O) groups is 1. The minimum absolute atomic E-state index is 0.189. The van der Waals surface area contributed by atoms with Crippen LogP contribution >= 0.6 is 0 Å². The molecule has 9 nitrogen and oxygen atoms in total. The van der Waals surface area contributed by atoms with Gasteiger partial charge < -0.3 is 39.0 Å². The van der Waals surface area contributed by atoms with Crippen LogP contribution in [0.5, 0.6) is 0 Å². The van der Waals surface area contributed by atoms with Crippen molar-refractivity contribution in [3.8, 4) is 0 Å². The van der Waals surface area contributed by atoms with Crippen molar-refractivity contribution >= 4 is 5.97 Å². The maximum absolute atomic E-state index is 12.0. The predicted octanol–water partition coefficient (Wildman–Crippen LogP) is 8.28.